The normalized spacial score (nSPS) is 11.1. The van der Waals surface area contributed by atoms with Crippen LogP contribution in [0.1, 0.15) is 72.2 Å². The van der Waals surface area contributed by atoms with Crippen LogP contribution in [0.2, 0.25) is 0 Å². The Kier molecular flexibility index (Phi) is 6.74. The van der Waals surface area contributed by atoms with Crippen molar-refractivity contribution in [2.75, 3.05) is 5.32 Å². The van der Waals surface area contributed by atoms with Crippen LogP contribution in [-0.4, -0.2) is 33.6 Å². The molecular formula is C22H26N2O5. The summed E-state index contributed by atoms with van der Waals surface area (Å²) in [6.07, 6.45) is 1.17. The number of aryl methyl sites for hydroxylation is 1. The molecule has 2 aromatic rings. The molecule has 0 saturated heterocycles. The molecule has 0 saturated carbocycles. The van der Waals surface area contributed by atoms with Gasteiger partial charge in [-0.2, -0.15) is 0 Å². The van der Waals surface area contributed by atoms with Crippen LogP contribution in [0.25, 0.3) is 0 Å². The number of ether oxygens (including phenoxy) is 1. The quantitative estimate of drug-likeness (QED) is 0.547. The minimum absolute atomic E-state index is 0.0955. The van der Waals surface area contributed by atoms with Gasteiger partial charge in [0.15, 0.2) is 5.78 Å². The second-order valence-electron chi connectivity index (χ2n) is 7.54. The Balaban J connectivity index is 2.22. The number of Topliss-reactive ketones (excluding diaryl/α,β-unsaturated/α-hetero) is 3. The van der Waals surface area contributed by atoms with E-state index in [1.54, 1.807) is 44.4 Å². The number of hydrogen-bond donors (Lipinski definition) is 1. The van der Waals surface area contributed by atoms with Crippen molar-refractivity contribution >= 4 is 29.1 Å². The lowest BCUT2D eigenvalue weighted by Gasteiger charge is -2.19. The van der Waals surface area contributed by atoms with Gasteiger partial charge in [0, 0.05) is 36.0 Å². The second kappa shape index (κ2) is 8.86. The molecule has 1 aromatic carbocycles. The molecule has 0 atom stereocenters. The van der Waals surface area contributed by atoms with Crippen LogP contribution in [0, 0.1) is 0 Å². The Bertz CT molecular complexity index is 950. The molecule has 154 valence electrons. The number of hydrogen-bond acceptors (Lipinski definition) is 5. The van der Waals surface area contributed by atoms with E-state index in [4.69, 9.17) is 4.74 Å². The lowest BCUT2D eigenvalue weighted by molar-refractivity contribution is 0.0635. The summed E-state index contributed by atoms with van der Waals surface area (Å²) in [6, 6.07) is 7.53. The molecule has 1 N–H and O–H groups in total. The number of carbonyl (C=O) groups is 4. The standard InChI is InChI=1S/C22H26N2O5/c1-6-18(25)17-12-15(13-24(17)7-2)20(27)19(26)14-9-8-10-16(11-14)23-21(28)29-22(3,4)5/h8-13H,6-7H2,1-5H3,(H,23,28). The van der Waals surface area contributed by atoms with E-state index in [0.29, 0.717) is 24.3 Å². The minimum atomic E-state index is -0.721. The van der Waals surface area contributed by atoms with Crippen molar-refractivity contribution in [1.29, 1.82) is 0 Å². The molecule has 7 nitrogen and oxygen atoms in total. The Morgan fingerprint density at radius 2 is 1.66 bits per heavy atom. The van der Waals surface area contributed by atoms with E-state index in [1.165, 1.54) is 24.4 Å². The number of amides is 1. The SMILES string of the molecule is CCC(=O)c1cc(C(=O)C(=O)c2cccc(NC(=O)OC(C)(C)C)c2)cn1CC. The van der Waals surface area contributed by atoms with Crippen molar-refractivity contribution in [2.24, 2.45) is 0 Å². The molecule has 7 heteroatoms. The number of ketones is 3. The predicted octanol–water partition coefficient (Wildman–Crippen LogP) is 4.51. The van der Waals surface area contributed by atoms with E-state index in [2.05, 4.69) is 5.32 Å². The van der Waals surface area contributed by atoms with Gasteiger partial charge in [0.05, 0.1) is 5.69 Å². The molecule has 0 aliphatic heterocycles. The van der Waals surface area contributed by atoms with Crippen molar-refractivity contribution in [3.63, 3.8) is 0 Å². The number of nitrogens with zero attached hydrogens (tertiary/aromatic N) is 1. The number of rotatable bonds is 7. The first-order chi connectivity index (χ1) is 13.6. The van der Waals surface area contributed by atoms with Crippen LogP contribution in [0.15, 0.2) is 36.5 Å². The van der Waals surface area contributed by atoms with Gasteiger partial charge < -0.3 is 9.30 Å². The van der Waals surface area contributed by atoms with E-state index in [1.807, 2.05) is 6.92 Å². The third-order valence-corrected chi connectivity index (χ3v) is 4.08. The number of aromatic nitrogens is 1. The van der Waals surface area contributed by atoms with Crippen LogP contribution in [0.4, 0.5) is 10.5 Å². The van der Waals surface area contributed by atoms with Gasteiger partial charge in [-0.3, -0.25) is 19.7 Å². The first-order valence-electron chi connectivity index (χ1n) is 9.48. The van der Waals surface area contributed by atoms with Crippen molar-refractivity contribution in [3.05, 3.63) is 53.3 Å². The van der Waals surface area contributed by atoms with Crippen LogP contribution >= 0.6 is 0 Å². The molecule has 1 amide bonds. The molecule has 0 fully saturated rings. The largest absolute Gasteiger partial charge is 0.444 e. The first-order valence-corrected chi connectivity index (χ1v) is 9.48. The summed E-state index contributed by atoms with van der Waals surface area (Å²) in [6.45, 7) is 9.33. The maximum absolute atomic E-state index is 12.7. The first kappa shape index (κ1) is 22.1. The zero-order chi connectivity index (χ0) is 21.8. The smallest absolute Gasteiger partial charge is 0.412 e. The van der Waals surface area contributed by atoms with E-state index in [0.717, 1.165) is 0 Å². The van der Waals surface area contributed by atoms with E-state index in [-0.39, 0.29) is 16.9 Å². The van der Waals surface area contributed by atoms with E-state index in [9.17, 15) is 19.2 Å². The van der Waals surface area contributed by atoms with Crippen molar-refractivity contribution in [1.82, 2.24) is 4.57 Å². The average molecular weight is 398 g/mol. The molecule has 0 unspecified atom stereocenters. The predicted molar refractivity (Wildman–Crippen MR) is 110 cm³/mol. The van der Waals surface area contributed by atoms with Gasteiger partial charge in [-0.25, -0.2) is 4.79 Å². The lowest BCUT2D eigenvalue weighted by Crippen LogP contribution is -2.27. The van der Waals surface area contributed by atoms with Gasteiger partial charge in [0.2, 0.25) is 11.6 Å². The van der Waals surface area contributed by atoms with Crippen molar-refractivity contribution < 1.29 is 23.9 Å². The topological polar surface area (TPSA) is 94.5 Å². The molecule has 29 heavy (non-hydrogen) atoms. The summed E-state index contributed by atoms with van der Waals surface area (Å²) in [5, 5.41) is 2.54. The molecule has 0 aliphatic carbocycles. The monoisotopic (exact) mass is 398 g/mol. The molecule has 0 spiro atoms. The Labute approximate surface area is 170 Å². The van der Waals surface area contributed by atoms with Gasteiger partial charge in [-0.15, -0.1) is 0 Å². The Morgan fingerprint density at radius 3 is 2.24 bits per heavy atom. The van der Waals surface area contributed by atoms with Crippen LogP contribution in [0.5, 0.6) is 0 Å². The van der Waals surface area contributed by atoms with Gasteiger partial charge >= 0.3 is 6.09 Å². The van der Waals surface area contributed by atoms with Gasteiger partial charge in [0.25, 0.3) is 0 Å². The fourth-order valence-corrected chi connectivity index (χ4v) is 2.73. The van der Waals surface area contributed by atoms with Gasteiger partial charge in [-0.1, -0.05) is 19.1 Å². The van der Waals surface area contributed by atoms with Gasteiger partial charge in [-0.05, 0) is 45.9 Å². The van der Waals surface area contributed by atoms with Crippen molar-refractivity contribution in [3.8, 4) is 0 Å². The highest BCUT2D eigenvalue weighted by Crippen LogP contribution is 2.18. The zero-order valence-electron chi connectivity index (χ0n) is 17.4. The zero-order valence-corrected chi connectivity index (χ0v) is 17.4. The summed E-state index contributed by atoms with van der Waals surface area (Å²) in [4.78, 5) is 49.3. The number of anilines is 1. The van der Waals surface area contributed by atoms with E-state index >= 15 is 0 Å². The molecule has 0 radical (unpaired) electrons. The molecule has 0 bridgehead atoms. The minimum Gasteiger partial charge on any atom is -0.444 e. The maximum atomic E-state index is 12.7. The van der Waals surface area contributed by atoms with Gasteiger partial charge in [0.1, 0.15) is 5.60 Å². The average Bonchev–Trinajstić information content (AvgIpc) is 3.09. The number of benzene rings is 1. The molecule has 1 aromatic heterocycles. The highest BCUT2D eigenvalue weighted by Gasteiger charge is 2.23. The third-order valence-electron chi connectivity index (χ3n) is 4.08. The molecular weight excluding hydrogens is 372 g/mol. The molecule has 1 heterocycles. The summed E-state index contributed by atoms with van der Waals surface area (Å²) in [7, 11) is 0. The fraction of sp³-hybridized carbons (Fsp3) is 0.364. The third kappa shape index (κ3) is 5.63. The molecule has 2 rings (SSSR count). The Morgan fingerprint density at radius 1 is 1.00 bits per heavy atom. The second-order valence-corrected chi connectivity index (χ2v) is 7.54. The number of nitrogens with one attached hydrogen (secondary N) is 1. The maximum Gasteiger partial charge on any atom is 0.412 e. The van der Waals surface area contributed by atoms with Crippen LogP contribution in [-0.2, 0) is 11.3 Å². The summed E-state index contributed by atoms with van der Waals surface area (Å²) >= 11 is 0. The highest BCUT2D eigenvalue weighted by atomic mass is 16.6. The van der Waals surface area contributed by atoms with Crippen LogP contribution in [0.3, 0.4) is 0 Å². The summed E-state index contributed by atoms with van der Waals surface area (Å²) in [5.41, 5.74) is 0.390. The summed E-state index contributed by atoms with van der Waals surface area (Å²) in [5.74, 6) is -1.53. The highest BCUT2D eigenvalue weighted by molar-refractivity contribution is 6.49. The van der Waals surface area contributed by atoms with E-state index < -0.39 is 23.3 Å². The molecule has 0 aliphatic rings. The Hall–Kier alpha value is -3.22. The van der Waals surface area contributed by atoms with Crippen LogP contribution < -0.4 is 5.32 Å². The lowest BCUT2D eigenvalue weighted by atomic mass is 10.0. The number of carbonyl (C=O) groups excluding carboxylic acids is 4. The van der Waals surface area contributed by atoms with Crippen molar-refractivity contribution in [2.45, 2.75) is 53.2 Å². The fourth-order valence-electron chi connectivity index (χ4n) is 2.73. The summed E-state index contributed by atoms with van der Waals surface area (Å²) < 4.78 is 6.84.